The van der Waals surface area contributed by atoms with E-state index in [1.54, 1.807) is 12.1 Å². The molecule has 0 atom stereocenters. The summed E-state index contributed by atoms with van der Waals surface area (Å²) in [5.74, 6) is 7.47. The molecule has 0 aliphatic rings. The summed E-state index contributed by atoms with van der Waals surface area (Å²) < 4.78 is 13.2. The monoisotopic (exact) mass is 256 g/mol. The molecule has 1 aromatic carbocycles. The summed E-state index contributed by atoms with van der Waals surface area (Å²) in [6.45, 7) is 0. The Morgan fingerprint density at radius 1 is 1.17 bits per heavy atom. The van der Waals surface area contributed by atoms with Crippen LogP contribution >= 0.6 is 11.6 Å². The Hall–Kier alpha value is -2.36. The van der Waals surface area contributed by atoms with Gasteiger partial charge in [0.25, 0.3) is 0 Å². The van der Waals surface area contributed by atoms with E-state index in [1.807, 2.05) is 0 Å². The third-order valence-corrected chi connectivity index (χ3v) is 2.21. The number of hydrogen-bond acceptors (Lipinski definition) is 2. The molecular formula is C14H6ClFN2. The van der Waals surface area contributed by atoms with Crippen LogP contribution in [0.2, 0.25) is 5.28 Å². The first-order valence-corrected chi connectivity index (χ1v) is 5.33. The highest BCUT2D eigenvalue weighted by Crippen LogP contribution is 2.07. The molecule has 0 amide bonds. The Morgan fingerprint density at radius 3 is 2.67 bits per heavy atom. The van der Waals surface area contributed by atoms with Gasteiger partial charge in [-0.2, -0.15) is 0 Å². The normalized spacial score (nSPS) is 9.17. The highest BCUT2D eigenvalue weighted by atomic mass is 35.5. The van der Waals surface area contributed by atoms with Crippen molar-refractivity contribution in [1.82, 2.24) is 9.97 Å². The van der Waals surface area contributed by atoms with Gasteiger partial charge in [0.15, 0.2) is 0 Å². The topological polar surface area (TPSA) is 25.8 Å². The first kappa shape index (κ1) is 12.1. The van der Waals surface area contributed by atoms with Gasteiger partial charge in [-0.1, -0.05) is 11.8 Å². The van der Waals surface area contributed by atoms with E-state index in [0.29, 0.717) is 16.8 Å². The van der Waals surface area contributed by atoms with Crippen LogP contribution in [0.25, 0.3) is 0 Å². The third kappa shape index (κ3) is 3.07. The van der Waals surface area contributed by atoms with Gasteiger partial charge in [0.05, 0.1) is 0 Å². The van der Waals surface area contributed by atoms with E-state index >= 15 is 0 Å². The Morgan fingerprint density at radius 2 is 1.94 bits per heavy atom. The second-order valence-corrected chi connectivity index (χ2v) is 3.67. The van der Waals surface area contributed by atoms with Gasteiger partial charge in [0.1, 0.15) is 11.5 Å². The fourth-order valence-electron chi connectivity index (χ4n) is 1.29. The van der Waals surface area contributed by atoms with Crippen LogP contribution in [-0.4, -0.2) is 9.97 Å². The Bertz CT molecular complexity index is 693. The molecule has 0 bridgehead atoms. The summed E-state index contributed by atoms with van der Waals surface area (Å²) in [5.41, 5.74) is 1.39. The number of aromatic nitrogens is 2. The largest absolute Gasteiger partial charge is 0.226 e. The van der Waals surface area contributed by atoms with Gasteiger partial charge in [-0.3, -0.25) is 0 Å². The van der Waals surface area contributed by atoms with Crippen LogP contribution in [-0.2, 0) is 0 Å². The van der Waals surface area contributed by atoms with Crippen LogP contribution in [0, 0.1) is 30.0 Å². The van der Waals surface area contributed by atoms with Gasteiger partial charge in [-0.25, -0.2) is 14.4 Å². The molecule has 1 aromatic heterocycles. The number of terminal acetylenes is 1. The zero-order chi connectivity index (χ0) is 13.0. The number of hydrogen-bond donors (Lipinski definition) is 0. The van der Waals surface area contributed by atoms with Crippen molar-refractivity contribution in [3.63, 3.8) is 0 Å². The zero-order valence-electron chi connectivity index (χ0n) is 9.11. The van der Waals surface area contributed by atoms with Gasteiger partial charge in [0, 0.05) is 17.3 Å². The van der Waals surface area contributed by atoms with Crippen molar-refractivity contribution in [2.75, 3.05) is 0 Å². The van der Waals surface area contributed by atoms with E-state index in [-0.39, 0.29) is 5.28 Å². The van der Waals surface area contributed by atoms with Crippen molar-refractivity contribution in [3.8, 4) is 24.2 Å². The summed E-state index contributed by atoms with van der Waals surface area (Å²) >= 11 is 5.62. The zero-order valence-corrected chi connectivity index (χ0v) is 9.87. The van der Waals surface area contributed by atoms with Crippen LogP contribution in [0.1, 0.15) is 16.8 Å². The third-order valence-electron chi connectivity index (χ3n) is 2.03. The van der Waals surface area contributed by atoms with Crippen LogP contribution in [0.5, 0.6) is 0 Å². The lowest BCUT2D eigenvalue weighted by atomic mass is 10.1. The van der Waals surface area contributed by atoms with Crippen molar-refractivity contribution in [2.45, 2.75) is 0 Å². The van der Waals surface area contributed by atoms with E-state index in [9.17, 15) is 4.39 Å². The quantitative estimate of drug-likeness (QED) is 0.535. The van der Waals surface area contributed by atoms with Gasteiger partial charge in [0.2, 0.25) is 5.28 Å². The molecule has 18 heavy (non-hydrogen) atoms. The van der Waals surface area contributed by atoms with Crippen LogP contribution in [0.4, 0.5) is 4.39 Å². The molecule has 0 aliphatic heterocycles. The van der Waals surface area contributed by atoms with Crippen molar-refractivity contribution in [2.24, 2.45) is 0 Å². The minimum Gasteiger partial charge on any atom is -0.226 e. The summed E-state index contributed by atoms with van der Waals surface area (Å²) in [5, 5.41) is 0.116. The molecule has 0 unspecified atom stereocenters. The van der Waals surface area contributed by atoms with E-state index in [2.05, 4.69) is 27.7 Å². The van der Waals surface area contributed by atoms with E-state index in [1.165, 1.54) is 18.3 Å². The predicted octanol–water partition coefficient (Wildman–Crippen LogP) is 2.65. The highest BCUT2D eigenvalue weighted by molar-refractivity contribution is 6.28. The van der Waals surface area contributed by atoms with Gasteiger partial charge in [-0.05, 0) is 41.8 Å². The van der Waals surface area contributed by atoms with Gasteiger partial charge >= 0.3 is 0 Å². The van der Waals surface area contributed by atoms with E-state index in [4.69, 9.17) is 18.0 Å². The van der Waals surface area contributed by atoms with Crippen molar-refractivity contribution >= 4 is 11.6 Å². The Kier molecular flexibility index (Phi) is 3.57. The maximum atomic E-state index is 13.2. The summed E-state index contributed by atoms with van der Waals surface area (Å²) in [6, 6.07) is 5.81. The van der Waals surface area contributed by atoms with Crippen molar-refractivity contribution in [1.29, 1.82) is 0 Å². The molecule has 0 radical (unpaired) electrons. The predicted molar refractivity (Wildman–Crippen MR) is 67.4 cm³/mol. The smallest absolute Gasteiger partial charge is 0.223 e. The van der Waals surface area contributed by atoms with Gasteiger partial charge in [-0.15, -0.1) is 6.42 Å². The lowest BCUT2D eigenvalue weighted by molar-refractivity contribution is 0.627. The van der Waals surface area contributed by atoms with E-state index in [0.717, 1.165) is 0 Å². The number of rotatable bonds is 0. The van der Waals surface area contributed by atoms with Gasteiger partial charge < -0.3 is 0 Å². The minimum atomic E-state index is -0.421. The minimum absolute atomic E-state index is 0.116. The van der Waals surface area contributed by atoms with Crippen LogP contribution in [0.15, 0.2) is 30.5 Å². The first-order chi connectivity index (χ1) is 8.67. The maximum Gasteiger partial charge on any atom is 0.223 e. The average molecular weight is 257 g/mol. The molecule has 2 rings (SSSR count). The molecule has 0 saturated carbocycles. The molecular weight excluding hydrogens is 251 g/mol. The van der Waals surface area contributed by atoms with E-state index < -0.39 is 5.82 Å². The Balaban J connectivity index is 2.36. The number of benzene rings is 1. The Labute approximate surface area is 109 Å². The fourth-order valence-corrected chi connectivity index (χ4v) is 1.43. The second-order valence-electron chi connectivity index (χ2n) is 3.33. The SMILES string of the molecule is C#Cc1cc(F)cc(C#Cc2ccnc(Cl)n2)c1. The second kappa shape index (κ2) is 5.31. The molecule has 0 spiro atoms. The summed E-state index contributed by atoms with van der Waals surface area (Å²) in [7, 11) is 0. The molecule has 1 heterocycles. The molecule has 0 N–H and O–H groups in total. The molecule has 0 saturated heterocycles. The van der Waals surface area contributed by atoms with Crippen molar-refractivity contribution < 1.29 is 4.39 Å². The molecule has 0 fully saturated rings. The van der Waals surface area contributed by atoms with Crippen molar-refractivity contribution in [3.05, 3.63) is 58.4 Å². The molecule has 2 aromatic rings. The van der Waals surface area contributed by atoms with Crippen LogP contribution in [0.3, 0.4) is 0 Å². The molecule has 2 nitrogen and oxygen atoms in total. The number of halogens is 2. The number of nitrogens with zero attached hydrogens (tertiary/aromatic N) is 2. The lowest BCUT2D eigenvalue weighted by Gasteiger charge is -1.94. The molecule has 0 aliphatic carbocycles. The summed E-state index contributed by atoms with van der Waals surface area (Å²) in [6.07, 6.45) is 6.71. The molecule has 4 heteroatoms. The fraction of sp³-hybridized carbons (Fsp3) is 0. The standard InChI is InChI=1S/C14H6ClFN2/c1-2-10-7-11(9-12(16)8-10)3-4-13-5-6-17-14(15)18-13/h1,5-9H. The summed E-state index contributed by atoms with van der Waals surface area (Å²) in [4.78, 5) is 7.64. The van der Waals surface area contributed by atoms with Crippen LogP contribution < -0.4 is 0 Å². The average Bonchev–Trinajstić information content (AvgIpc) is 2.36. The lowest BCUT2D eigenvalue weighted by Crippen LogP contribution is -1.86. The molecule has 86 valence electrons. The maximum absolute atomic E-state index is 13.2. The highest BCUT2D eigenvalue weighted by Gasteiger charge is 1.97. The first-order valence-electron chi connectivity index (χ1n) is 4.95.